The summed E-state index contributed by atoms with van der Waals surface area (Å²) in [5.74, 6) is 2.03. The predicted molar refractivity (Wildman–Crippen MR) is 147 cm³/mol. The second-order valence-electron chi connectivity index (χ2n) is 10.3. The van der Waals surface area contributed by atoms with Crippen molar-refractivity contribution in [3.8, 4) is 22.9 Å². The van der Waals surface area contributed by atoms with Crippen LogP contribution in [0.1, 0.15) is 42.1 Å². The van der Waals surface area contributed by atoms with Crippen LogP contribution < -0.4 is 10.5 Å². The van der Waals surface area contributed by atoms with Crippen LogP contribution in [0.5, 0.6) is 11.5 Å². The summed E-state index contributed by atoms with van der Waals surface area (Å²) < 4.78 is 8.06. The van der Waals surface area contributed by atoms with Gasteiger partial charge in [0.2, 0.25) is 0 Å². The maximum Gasteiger partial charge on any atom is 0.164 e. The third kappa shape index (κ3) is 4.87. The Hall–Kier alpha value is -3.82. The molecular weight excluding hydrogens is 478 g/mol. The second kappa shape index (κ2) is 10.5. The van der Waals surface area contributed by atoms with E-state index in [-0.39, 0.29) is 0 Å². The molecule has 2 N–H and O–H groups in total. The summed E-state index contributed by atoms with van der Waals surface area (Å²) in [6.45, 7) is 4.62. The van der Waals surface area contributed by atoms with Crippen LogP contribution in [0.2, 0.25) is 0 Å². The molecule has 2 aliphatic rings. The van der Waals surface area contributed by atoms with Crippen molar-refractivity contribution in [3.05, 3.63) is 60.3 Å². The Morgan fingerprint density at radius 2 is 1.71 bits per heavy atom. The number of carbonyl (C=O) groups is 1. The Bertz CT molecular complexity index is 1440. The van der Waals surface area contributed by atoms with Crippen molar-refractivity contribution in [2.75, 3.05) is 39.0 Å². The molecule has 9 heteroatoms. The SMILES string of the molecule is CN1CCN(C2CCC(n3ncc4c(N)nc(-c5cccc(Oc6ccccc6C=O)c5)nc43)CC2)CC1. The molecule has 9 nitrogen and oxygen atoms in total. The Kier molecular flexibility index (Phi) is 6.78. The molecule has 0 spiro atoms. The number of hydrogen-bond donors (Lipinski definition) is 1. The van der Waals surface area contributed by atoms with Crippen LogP contribution in [0.15, 0.2) is 54.7 Å². The minimum Gasteiger partial charge on any atom is -0.457 e. The fourth-order valence-corrected chi connectivity index (χ4v) is 5.70. The van der Waals surface area contributed by atoms with Gasteiger partial charge in [-0.3, -0.25) is 9.69 Å². The van der Waals surface area contributed by atoms with Crippen LogP contribution in [0, 0.1) is 0 Å². The van der Waals surface area contributed by atoms with Gasteiger partial charge in [0.1, 0.15) is 17.3 Å². The molecule has 0 atom stereocenters. The number of nitrogens with zero attached hydrogens (tertiary/aromatic N) is 6. The van der Waals surface area contributed by atoms with Gasteiger partial charge in [-0.2, -0.15) is 5.10 Å². The molecule has 0 unspecified atom stereocenters. The minimum atomic E-state index is 0.299. The van der Waals surface area contributed by atoms with Crippen molar-refractivity contribution in [2.45, 2.75) is 37.8 Å². The lowest BCUT2D eigenvalue weighted by Gasteiger charge is -2.41. The molecule has 2 fully saturated rings. The Balaban J connectivity index is 1.23. The number of nitrogens with two attached hydrogens (primary N) is 1. The highest BCUT2D eigenvalue weighted by Gasteiger charge is 2.29. The van der Waals surface area contributed by atoms with Crippen molar-refractivity contribution in [3.63, 3.8) is 0 Å². The van der Waals surface area contributed by atoms with Crippen molar-refractivity contribution in [1.82, 2.24) is 29.5 Å². The van der Waals surface area contributed by atoms with E-state index in [9.17, 15) is 4.79 Å². The fourth-order valence-electron chi connectivity index (χ4n) is 5.70. The highest BCUT2D eigenvalue weighted by molar-refractivity contribution is 5.87. The summed E-state index contributed by atoms with van der Waals surface area (Å²) in [4.78, 5) is 26.0. The number of anilines is 1. The zero-order chi connectivity index (χ0) is 26.1. The summed E-state index contributed by atoms with van der Waals surface area (Å²) in [6.07, 6.45) is 7.07. The third-order valence-electron chi connectivity index (χ3n) is 7.92. The average Bonchev–Trinajstić information content (AvgIpc) is 3.39. The summed E-state index contributed by atoms with van der Waals surface area (Å²) in [6, 6.07) is 15.6. The smallest absolute Gasteiger partial charge is 0.164 e. The Morgan fingerprint density at radius 3 is 2.50 bits per heavy atom. The number of nitrogen functional groups attached to an aromatic ring is 1. The van der Waals surface area contributed by atoms with Crippen LogP contribution in [-0.4, -0.2) is 75.1 Å². The number of rotatable bonds is 6. The molecular formula is C29H33N7O2. The van der Waals surface area contributed by atoms with Gasteiger partial charge in [-0.25, -0.2) is 14.6 Å². The van der Waals surface area contributed by atoms with Gasteiger partial charge in [0, 0.05) is 37.8 Å². The predicted octanol–water partition coefficient (Wildman–Crippen LogP) is 4.41. The molecule has 2 aromatic carbocycles. The molecule has 6 rings (SSSR count). The molecule has 38 heavy (non-hydrogen) atoms. The van der Waals surface area contributed by atoms with E-state index in [4.69, 9.17) is 20.6 Å². The number of aldehydes is 1. The number of aromatic nitrogens is 4. The summed E-state index contributed by atoms with van der Waals surface area (Å²) >= 11 is 0. The summed E-state index contributed by atoms with van der Waals surface area (Å²) in [7, 11) is 2.20. The van der Waals surface area contributed by atoms with E-state index in [0.717, 1.165) is 61.9 Å². The van der Waals surface area contributed by atoms with Gasteiger partial charge in [0.05, 0.1) is 23.2 Å². The molecule has 1 saturated carbocycles. The third-order valence-corrected chi connectivity index (χ3v) is 7.92. The first-order valence-electron chi connectivity index (χ1n) is 13.3. The van der Waals surface area contributed by atoms with Crippen LogP contribution in [-0.2, 0) is 0 Å². The first kappa shape index (κ1) is 24.5. The van der Waals surface area contributed by atoms with Crippen LogP contribution in [0.25, 0.3) is 22.4 Å². The fraction of sp³-hybridized carbons (Fsp3) is 0.379. The molecule has 0 bridgehead atoms. The summed E-state index contributed by atoms with van der Waals surface area (Å²) in [5.41, 5.74) is 8.43. The maximum absolute atomic E-state index is 11.4. The number of carbonyl (C=O) groups excluding carboxylic acids is 1. The highest BCUT2D eigenvalue weighted by Crippen LogP contribution is 2.35. The van der Waals surface area contributed by atoms with Gasteiger partial charge in [-0.15, -0.1) is 0 Å². The number of likely N-dealkylation sites (N-methyl/N-ethyl adjacent to an activating group) is 1. The van der Waals surface area contributed by atoms with Crippen molar-refractivity contribution >= 4 is 23.1 Å². The van der Waals surface area contributed by atoms with Gasteiger partial charge in [-0.1, -0.05) is 24.3 Å². The first-order valence-corrected chi connectivity index (χ1v) is 13.3. The van der Waals surface area contributed by atoms with E-state index >= 15 is 0 Å². The standard InChI is InChI=1S/C29H33N7O2/c1-34-13-15-35(16-14-34)22-9-11-23(12-10-22)36-29-25(18-31-36)27(30)32-28(33-29)20-6-4-7-24(17-20)38-26-8-3-2-5-21(26)19-37/h2-8,17-19,22-23H,9-16H2,1H3,(H2,30,32,33). The van der Waals surface area contributed by atoms with Gasteiger partial charge in [0.25, 0.3) is 0 Å². The highest BCUT2D eigenvalue weighted by atomic mass is 16.5. The number of para-hydroxylation sites is 1. The van der Waals surface area contributed by atoms with E-state index in [1.54, 1.807) is 24.4 Å². The molecule has 1 aliphatic carbocycles. The number of piperazine rings is 1. The minimum absolute atomic E-state index is 0.299. The number of hydrogen-bond acceptors (Lipinski definition) is 8. The van der Waals surface area contributed by atoms with Gasteiger partial charge in [-0.05, 0) is 57.0 Å². The number of fused-ring (bicyclic) bond motifs is 1. The zero-order valence-electron chi connectivity index (χ0n) is 21.7. The van der Waals surface area contributed by atoms with Crippen molar-refractivity contribution in [2.24, 2.45) is 0 Å². The number of ether oxygens (including phenoxy) is 1. The monoisotopic (exact) mass is 511 g/mol. The van der Waals surface area contributed by atoms with E-state index in [2.05, 4.69) is 26.5 Å². The largest absolute Gasteiger partial charge is 0.457 e. The van der Waals surface area contributed by atoms with Gasteiger partial charge >= 0.3 is 0 Å². The van der Waals surface area contributed by atoms with Gasteiger partial charge < -0.3 is 15.4 Å². The normalized spacial score (nSPS) is 21.0. The van der Waals surface area contributed by atoms with E-state index in [1.165, 1.54) is 12.8 Å². The van der Waals surface area contributed by atoms with Crippen molar-refractivity contribution < 1.29 is 9.53 Å². The van der Waals surface area contributed by atoms with Crippen LogP contribution in [0.4, 0.5) is 5.82 Å². The first-order chi connectivity index (χ1) is 18.6. The second-order valence-corrected chi connectivity index (χ2v) is 10.3. The zero-order valence-corrected chi connectivity index (χ0v) is 21.7. The topological polar surface area (TPSA) is 102 Å². The molecule has 1 saturated heterocycles. The summed E-state index contributed by atoms with van der Waals surface area (Å²) in [5, 5.41) is 5.49. The lowest BCUT2D eigenvalue weighted by atomic mass is 9.90. The molecule has 4 aromatic rings. The quantitative estimate of drug-likeness (QED) is 0.380. The molecule has 0 radical (unpaired) electrons. The lowest BCUT2D eigenvalue weighted by molar-refractivity contribution is 0.0815. The van der Waals surface area contributed by atoms with E-state index in [1.807, 2.05) is 30.3 Å². The maximum atomic E-state index is 11.4. The Labute approximate surface area is 222 Å². The van der Waals surface area contributed by atoms with Crippen LogP contribution >= 0.6 is 0 Å². The number of benzene rings is 2. The molecule has 2 aromatic heterocycles. The average molecular weight is 512 g/mol. The van der Waals surface area contributed by atoms with Crippen LogP contribution in [0.3, 0.4) is 0 Å². The van der Waals surface area contributed by atoms with E-state index < -0.39 is 0 Å². The van der Waals surface area contributed by atoms with E-state index in [0.29, 0.717) is 40.8 Å². The molecule has 3 heterocycles. The molecule has 1 aliphatic heterocycles. The molecule has 0 amide bonds. The van der Waals surface area contributed by atoms with Crippen molar-refractivity contribution in [1.29, 1.82) is 0 Å². The molecule has 196 valence electrons. The van der Waals surface area contributed by atoms with Gasteiger partial charge in [0.15, 0.2) is 17.8 Å². The lowest BCUT2D eigenvalue weighted by Crippen LogP contribution is -2.49. The Morgan fingerprint density at radius 1 is 0.947 bits per heavy atom.